The van der Waals surface area contributed by atoms with E-state index in [0.29, 0.717) is 6.54 Å². The van der Waals surface area contributed by atoms with Crippen molar-refractivity contribution in [1.82, 2.24) is 5.32 Å². The summed E-state index contributed by atoms with van der Waals surface area (Å²) in [5, 5.41) is 13.1. The van der Waals surface area contributed by atoms with Crippen molar-refractivity contribution in [2.24, 2.45) is 0 Å². The van der Waals surface area contributed by atoms with Crippen LogP contribution >= 0.6 is 0 Å². The van der Waals surface area contributed by atoms with Gasteiger partial charge in [-0.1, -0.05) is 18.2 Å². The Kier molecular flexibility index (Phi) is 3.80. The average Bonchev–Trinajstić information content (AvgIpc) is 2.83. The maximum atomic E-state index is 10.1. The van der Waals surface area contributed by atoms with Gasteiger partial charge in [0.2, 0.25) is 0 Å². The number of benzene rings is 1. The van der Waals surface area contributed by atoms with Gasteiger partial charge in [-0.05, 0) is 26.0 Å². The second-order valence-corrected chi connectivity index (χ2v) is 4.33. The van der Waals surface area contributed by atoms with Gasteiger partial charge in [-0.2, -0.15) is 0 Å². The fraction of sp³-hybridized carbons (Fsp3) is 0.538. The van der Waals surface area contributed by atoms with E-state index in [1.54, 1.807) is 0 Å². The summed E-state index contributed by atoms with van der Waals surface area (Å²) in [6.45, 7) is 2.83. The average molecular weight is 220 g/mol. The lowest BCUT2D eigenvalue weighted by molar-refractivity contribution is 0.178. The number of hydrogen-bond acceptors (Lipinski definition) is 3. The molecule has 0 spiro atoms. The van der Waals surface area contributed by atoms with Gasteiger partial charge in [0.25, 0.3) is 0 Å². The molecule has 1 atom stereocenters. The van der Waals surface area contributed by atoms with Gasteiger partial charge in [0, 0.05) is 30.9 Å². The van der Waals surface area contributed by atoms with E-state index in [0.717, 1.165) is 18.7 Å². The SMILES string of the molecule is CNCC(O)c1ccccc1N1CCCC1. The molecule has 0 aromatic heterocycles. The lowest BCUT2D eigenvalue weighted by atomic mass is 10.1. The Balaban J connectivity index is 2.22. The maximum absolute atomic E-state index is 10.1. The standard InChI is InChI=1S/C13H20N2O/c1-14-10-13(16)11-6-2-3-7-12(11)15-8-4-5-9-15/h2-3,6-7,13-14,16H,4-5,8-10H2,1H3. The molecule has 0 radical (unpaired) electrons. The Morgan fingerprint density at radius 1 is 1.31 bits per heavy atom. The molecule has 1 aliphatic rings. The van der Waals surface area contributed by atoms with E-state index in [1.807, 2.05) is 25.2 Å². The molecule has 1 heterocycles. The van der Waals surface area contributed by atoms with Crippen LogP contribution in [0.5, 0.6) is 0 Å². The molecule has 3 nitrogen and oxygen atoms in total. The quantitative estimate of drug-likeness (QED) is 0.808. The molecule has 0 bridgehead atoms. The molecule has 2 rings (SSSR count). The minimum Gasteiger partial charge on any atom is -0.387 e. The van der Waals surface area contributed by atoms with Crippen LogP contribution in [-0.2, 0) is 0 Å². The zero-order chi connectivity index (χ0) is 11.4. The van der Waals surface area contributed by atoms with Crippen molar-refractivity contribution in [3.05, 3.63) is 29.8 Å². The smallest absolute Gasteiger partial charge is 0.0934 e. The van der Waals surface area contributed by atoms with Crippen molar-refractivity contribution in [3.63, 3.8) is 0 Å². The molecule has 1 aromatic rings. The fourth-order valence-corrected chi connectivity index (χ4v) is 2.32. The number of likely N-dealkylation sites (N-methyl/N-ethyl adjacent to an activating group) is 1. The van der Waals surface area contributed by atoms with Crippen molar-refractivity contribution in [3.8, 4) is 0 Å². The topological polar surface area (TPSA) is 35.5 Å². The Morgan fingerprint density at radius 3 is 2.69 bits per heavy atom. The molecule has 1 saturated heterocycles. The molecule has 1 fully saturated rings. The first kappa shape index (κ1) is 11.4. The van der Waals surface area contributed by atoms with E-state index in [2.05, 4.69) is 16.3 Å². The van der Waals surface area contributed by atoms with Crippen LogP contribution in [0, 0.1) is 0 Å². The molecule has 1 aliphatic heterocycles. The van der Waals surface area contributed by atoms with Gasteiger partial charge in [-0.15, -0.1) is 0 Å². The van der Waals surface area contributed by atoms with Crippen LogP contribution in [0.1, 0.15) is 24.5 Å². The van der Waals surface area contributed by atoms with Gasteiger partial charge in [0.15, 0.2) is 0 Å². The van der Waals surface area contributed by atoms with Crippen LogP contribution in [0.15, 0.2) is 24.3 Å². The van der Waals surface area contributed by atoms with Gasteiger partial charge in [0.1, 0.15) is 0 Å². The second-order valence-electron chi connectivity index (χ2n) is 4.33. The summed E-state index contributed by atoms with van der Waals surface area (Å²) < 4.78 is 0. The van der Waals surface area contributed by atoms with E-state index < -0.39 is 6.10 Å². The minimum absolute atomic E-state index is 0.415. The number of nitrogens with zero attached hydrogens (tertiary/aromatic N) is 1. The van der Waals surface area contributed by atoms with Gasteiger partial charge >= 0.3 is 0 Å². The molecule has 1 aromatic carbocycles. The highest BCUT2D eigenvalue weighted by Crippen LogP contribution is 2.28. The predicted octanol–water partition coefficient (Wildman–Crippen LogP) is 1.54. The molecule has 3 heteroatoms. The zero-order valence-corrected chi connectivity index (χ0v) is 9.82. The minimum atomic E-state index is -0.415. The Labute approximate surface area is 97.1 Å². The largest absolute Gasteiger partial charge is 0.387 e. The third-order valence-electron chi connectivity index (χ3n) is 3.14. The lowest BCUT2D eigenvalue weighted by Gasteiger charge is -2.23. The number of hydrogen-bond donors (Lipinski definition) is 2. The number of rotatable bonds is 4. The third-order valence-corrected chi connectivity index (χ3v) is 3.14. The van der Waals surface area contributed by atoms with Crippen molar-refractivity contribution < 1.29 is 5.11 Å². The van der Waals surface area contributed by atoms with Crippen LogP contribution in [0.25, 0.3) is 0 Å². The first-order valence-electron chi connectivity index (χ1n) is 5.99. The number of aliphatic hydroxyl groups excluding tert-OH is 1. The fourth-order valence-electron chi connectivity index (χ4n) is 2.32. The van der Waals surface area contributed by atoms with Crippen molar-refractivity contribution in [1.29, 1.82) is 0 Å². The van der Waals surface area contributed by atoms with Crippen LogP contribution in [-0.4, -0.2) is 31.8 Å². The van der Waals surface area contributed by atoms with Gasteiger partial charge in [-0.3, -0.25) is 0 Å². The molecular formula is C13H20N2O. The summed E-state index contributed by atoms with van der Waals surface area (Å²) in [6.07, 6.45) is 2.11. The Bertz CT molecular complexity index is 334. The van der Waals surface area contributed by atoms with Gasteiger partial charge < -0.3 is 15.3 Å². The third kappa shape index (κ3) is 2.36. The van der Waals surface area contributed by atoms with E-state index in [4.69, 9.17) is 0 Å². The highest BCUT2D eigenvalue weighted by Gasteiger charge is 2.18. The van der Waals surface area contributed by atoms with Crippen molar-refractivity contribution in [2.75, 3.05) is 31.6 Å². The zero-order valence-electron chi connectivity index (χ0n) is 9.82. The molecule has 16 heavy (non-hydrogen) atoms. The van der Waals surface area contributed by atoms with E-state index >= 15 is 0 Å². The number of para-hydroxylation sites is 1. The molecule has 0 aliphatic carbocycles. The second kappa shape index (κ2) is 5.32. The monoisotopic (exact) mass is 220 g/mol. The predicted molar refractivity (Wildman–Crippen MR) is 66.8 cm³/mol. The van der Waals surface area contributed by atoms with Crippen LogP contribution < -0.4 is 10.2 Å². The van der Waals surface area contributed by atoms with Crippen molar-refractivity contribution >= 4 is 5.69 Å². The summed E-state index contributed by atoms with van der Waals surface area (Å²) in [4.78, 5) is 2.37. The van der Waals surface area contributed by atoms with Crippen LogP contribution in [0.3, 0.4) is 0 Å². The van der Waals surface area contributed by atoms with Gasteiger partial charge in [0.05, 0.1) is 6.10 Å². The van der Waals surface area contributed by atoms with E-state index in [9.17, 15) is 5.11 Å². The molecule has 88 valence electrons. The summed E-state index contributed by atoms with van der Waals surface area (Å²) in [5.41, 5.74) is 2.24. The highest BCUT2D eigenvalue weighted by molar-refractivity contribution is 5.55. The molecular weight excluding hydrogens is 200 g/mol. The Morgan fingerprint density at radius 2 is 2.00 bits per heavy atom. The first-order valence-corrected chi connectivity index (χ1v) is 5.99. The molecule has 1 unspecified atom stereocenters. The number of anilines is 1. The number of nitrogens with one attached hydrogen (secondary N) is 1. The molecule has 0 saturated carbocycles. The summed E-state index contributed by atoms with van der Waals surface area (Å²) in [6, 6.07) is 8.17. The van der Waals surface area contributed by atoms with Crippen molar-refractivity contribution in [2.45, 2.75) is 18.9 Å². The van der Waals surface area contributed by atoms with Crippen LogP contribution in [0.2, 0.25) is 0 Å². The van der Waals surface area contributed by atoms with E-state index in [1.165, 1.54) is 18.5 Å². The first-order chi connectivity index (χ1) is 7.83. The molecule has 0 amide bonds. The summed E-state index contributed by atoms with van der Waals surface area (Å²) in [7, 11) is 1.86. The van der Waals surface area contributed by atoms with E-state index in [-0.39, 0.29) is 0 Å². The molecule has 2 N–H and O–H groups in total. The normalized spacial score (nSPS) is 17.8. The highest BCUT2D eigenvalue weighted by atomic mass is 16.3. The summed E-state index contributed by atoms with van der Waals surface area (Å²) in [5.74, 6) is 0. The number of aliphatic hydroxyl groups is 1. The van der Waals surface area contributed by atoms with Gasteiger partial charge in [-0.25, -0.2) is 0 Å². The lowest BCUT2D eigenvalue weighted by Crippen LogP contribution is -2.23. The van der Waals surface area contributed by atoms with Crippen LogP contribution in [0.4, 0.5) is 5.69 Å². The maximum Gasteiger partial charge on any atom is 0.0934 e. The Hall–Kier alpha value is -1.06. The summed E-state index contributed by atoms with van der Waals surface area (Å²) >= 11 is 0.